The van der Waals surface area contributed by atoms with E-state index in [1.165, 1.54) is 17.0 Å². The smallest absolute Gasteiger partial charge is 0.387 e. The summed E-state index contributed by atoms with van der Waals surface area (Å²) in [6.07, 6.45) is 0.265. The van der Waals surface area contributed by atoms with Crippen molar-refractivity contribution in [3.05, 3.63) is 70.5 Å². The molecular weight excluding hydrogens is 460 g/mol. The van der Waals surface area contributed by atoms with E-state index in [9.17, 15) is 23.2 Å². The SMILES string of the molecule is Cc1n[nH]c(C)c1-c1ccc([C@H](CN2Cc3ccc(OC(F)F)cc3C2=O)NC(=O)NC=O)cc1. The Bertz CT molecular complexity index is 1240. The van der Waals surface area contributed by atoms with Gasteiger partial charge in [-0.25, -0.2) is 4.79 Å². The first-order chi connectivity index (χ1) is 16.8. The number of imide groups is 1. The first-order valence-electron chi connectivity index (χ1n) is 10.8. The summed E-state index contributed by atoms with van der Waals surface area (Å²) in [6, 6.07) is 10.3. The second-order valence-electron chi connectivity index (χ2n) is 8.10. The molecule has 0 aliphatic carbocycles. The number of amides is 4. The number of rotatable bonds is 8. The number of carbonyl (C=O) groups excluding carboxylic acids is 3. The van der Waals surface area contributed by atoms with Crippen molar-refractivity contribution in [1.82, 2.24) is 25.7 Å². The highest BCUT2D eigenvalue weighted by molar-refractivity contribution is 5.98. The maximum Gasteiger partial charge on any atom is 0.387 e. The van der Waals surface area contributed by atoms with Crippen LogP contribution in [0.15, 0.2) is 42.5 Å². The number of urea groups is 1. The fraction of sp³-hybridized carbons (Fsp3) is 0.250. The van der Waals surface area contributed by atoms with Gasteiger partial charge in [0.2, 0.25) is 6.41 Å². The van der Waals surface area contributed by atoms with Gasteiger partial charge in [-0.2, -0.15) is 13.9 Å². The van der Waals surface area contributed by atoms with Crippen molar-refractivity contribution in [3.63, 3.8) is 0 Å². The zero-order chi connectivity index (χ0) is 25.1. The Morgan fingerprint density at radius 1 is 1.23 bits per heavy atom. The number of H-pyrrole nitrogens is 1. The number of hydrogen-bond acceptors (Lipinski definition) is 5. The lowest BCUT2D eigenvalue weighted by atomic mass is 9.99. The molecule has 1 aliphatic heterocycles. The van der Waals surface area contributed by atoms with E-state index < -0.39 is 18.7 Å². The Kier molecular flexibility index (Phi) is 6.76. The molecule has 1 aliphatic rings. The average molecular weight is 483 g/mol. The van der Waals surface area contributed by atoms with Crippen LogP contribution in [-0.2, 0) is 11.3 Å². The highest BCUT2D eigenvalue weighted by atomic mass is 19.3. The quantitative estimate of drug-likeness (QED) is 0.425. The molecule has 0 saturated heterocycles. The van der Waals surface area contributed by atoms with Crippen LogP contribution in [0.4, 0.5) is 13.6 Å². The van der Waals surface area contributed by atoms with E-state index in [1.54, 1.807) is 6.07 Å². The van der Waals surface area contributed by atoms with Crippen LogP contribution < -0.4 is 15.4 Å². The number of aryl methyl sites for hydroxylation is 2. The van der Waals surface area contributed by atoms with Crippen LogP contribution in [0, 0.1) is 13.8 Å². The number of hydrogen-bond donors (Lipinski definition) is 3. The Balaban J connectivity index is 1.57. The lowest BCUT2D eigenvalue weighted by molar-refractivity contribution is -0.108. The number of aromatic amines is 1. The first-order valence-corrected chi connectivity index (χ1v) is 10.8. The molecule has 2 heterocycles. The standard InChI is InChI=1S/C24H23F2N5O4/c1-13-21(14(2)30-29-13)16-5-3-15(4-6-16)20(28-24(34)27-12-32)11-31-10-17-7-8-18(35-23(25)26)9-19(17)22(31)33/h3-9,12,20,23H,10-11H2,1-2H3,(H,29,30)(H2,27,28,32,34)/t20-/m0/s1. The molecule has 3 N–H and O–H groups in total. The van der Waals surface area contributed by atoms with Gasteiger partial charge in [0.15, 0.2) is 0 Å². The van der Waals surface area contributed by atoms with Gasteiger partial charge in [0.1, 0.15) is 5.75 Å². The van der Waals surface area contributed by atoms with Crippen molar-refractivity contribution in [2.45, 2.75) is 33.0 Å². The van der Waals surface area contributed by atoms with Crippen LogP contribution in [0.3, 0.4) is 0 Å². The van der Waals surface area contributed by atoms with E-state index in [0.717, 1.165) is 22.5 Å². The monoisotopic (exact) mass is 483 g/mol. The minimum absolute atomic E-state index is 0.0912. The molecule has 0 saturated carbocycles. The lowest BCUT2D eigenvalue weighted by Crippen LogP contribution is -2.42. The second-order valence-corrected chi connectivity index (χ2v) is 8.10. The second kappa shape index (κ2) is 9.92. The summed E-state index contributed by atoms with van der Waals surface area (Å²) in [6.45, 7) is 1.15. The van der Waals surface area contributed by atoms with Crippen LogP contribution >= 0.6 is 0 Å². The van der Waals surface area contributed by atoms with Crippen LogP contribution in [0.1, 0.15) is 38.9 Å². The number of alkyl halides is 2. The zero-order valence-corrected chi connectivity index (χ0v) is 19.0. The number of nitrogens with zero attached hydrogens (tertiary/aromatic N) is 2. The minimum atomic E-state index is -3.00. The molecule has 0 unspecified atom stereocenters. The number of fused-ring (bicyclic) bond motifs is 1. The largest absolute Gasteiger partial charge is 0.435 e. The van der Waals surface area contributed by atoms with Crippen molar-refractivity contribution in [3.8, 4) is 16.9 Å². The molecule has 0 spiro atoms. The van der Waals surface area contributed by atoms with Crippen LogP contribution in [0.5, 0.6) is 5.75 Å². The summed E-state index contributed by atoms with van der Waals surface area (Å²) in [5.41, 5.74) is 5.32. The molecule has 4 rings (SSSR count). The summed E-state index contributed by atoms with van der Waals surface area (Å²) in [4.78, 5) is 37.3. The van der Waals surface area contributed by atoms with Gasteiger partial charge in [-0.3, -0.25) is 20.0 Å². The Hall–Kier alpha value is -4.28. The number of halogens is 2. The van der Waals surface area contributed by atoms with Crippen molar-refractivity contribution < 1.29 is 27.9 Å². The summed E-state index contributed by atoms with van der Waals surface area (Å²) >= 11 is 0. The summed E-state index contributed by atoms with van der Waals surface area (Å²) in [7, 11) is 0. The normalized spacial score (nSPS) is 13.5. The molecule has 2 aromatic carbocycles. The Morgan fingerprint density at radius 2 is 1.97 bits per heavy atom. The van der Waals surface area contributed by atoms with Gasteiger partial charge in [0, 0.05) is 29.9 Å². The summed E-state index contributed by atoms with van der Waals surface area (Å²) in [5, 5.41) is 11.9. The topological polar surface area (TPSA) is 116 Å². The van der Waals surface area contributed by atoms with E-state index in [1.807, 2.05) is 43.4 Å². The van der Waals surface area contributed by atoms with Gasteiger partial charge < -0.3 is 15.0 Å². The van der Waals surface area contributed by atoms with Crippen LogP contribution in [-0.4, -0.2) is 46.6 Å². The summed E-state index contributed by atoms with van der Waals surface area (Å²) < 4.78 is 29.5. The Labute approximate surface area is 199 Å². The fourth-order valence-electron chi connectivity index (χ4n) is 4.23. The van der Waals surface area contributed by atoms with Crippen molar-refractivity contribution >= 4 is 18.3 Å². The fourth-order valence-corrected chi connectivity index (χ4v) is 4.23. The predicted molar refractivity (Wildman–Crippen MR) is 122 cm³/mol. The molecule has 3 aromatic rings. The third-order valence-electron chi connectivity index (χ3n) is 5.81. The molecule has 0 bridgehead atoms. The van der Waals surface area contributed by atoms with Gasteiger partial charge in [-0.1, -0.05) is 30.3 Å². The molecule has 4 amide bonds. The Morgan fingerprint density at radius 3 is 2.60 bits per heavy atom. The number of benzene rings is 2. The molecule has 182 valence electrons. The van der Waals surface area contributed by atoms with E-state index in [2.05, 4.69) is 20.3 Å². The van der Waals surface area contributed by atoms with Gasteiger partial charge in [-0.15, -0.1) is 0 Å². The predicted octanol–water partition coefficient (Wildman–Crippen LogP) is 3.45. The van der Waals surface area contributed by atoms with Gasteiger partial charge in [0.05, 0.1) is 11.7 Å². The third-order valence-corrected chi connectivity index (χ3v) is 5.81. The molecule has 35 heavy (non-hydrogen) atoms. The molecular formula is C24H23F2N5O4. The number of ether oxygens (including phenoxy) is 1. The van der Waals surface area contributed by atoms with E-state index in [-0.39, 0.29) is 36.7 Å². The number of aromatic nitrogens is 2. The molecule has 1 atom stereocenters. The highest BCUT2D eigenvalue weighted by Gasteiger charge is 2.31. The van der Waals surface area contributed by atoms with E-state index >= 15 is 0 Å². The maximum atomic E-state index is 13.0. The van der Waals surface area contributed by atoms with Crippen LogP contribution in [0.2, 0.25) is 0 Å². The van der Waals surface area contributed by atoms with E-state index in [4.69, 9.17) is 0 Å². The lowest BCUT2D eigenvalue weighted by Gasteiger charge is -2.25. The van der Waals surface area contributed by atoms with Crippen molar-refractivity contribution in [1.29, 1.82) is 0 Å². The summed E-state index contributed by atoms with van der Waals surface area (Å²) in [5.74, 6) is -0.474. The minimum Gasteiger partial charge on any atom is -0.435 e. The molecule has 9 nitrogen and oxygen atoms in total. The van der Waals surface area contributed by atoms with Gasteiger partial charge in [-0.05, 0) is 42.7 Å². The van der Waals surface area contributed by atoms with E-state index in [0.29, 0.717) is 11.1 Å². The molecule has 0 fully saturated rings. The molecule has 11 heteroatoms. The molecule has 1 aromatic heterocycles. The number of nitrogens with one attached hydrogen (secondary N) is 3. The van der Waals surface area contributed by atoms with Crippen LogP contribution in [0.25, 0.3) is 11.1 Å². The zero-order valence-electron chi connectivity index (χ0n) is 19.0. The third kappa shape index (κ3) is 5.13. The maximum absolute atomic E-state index is 13.0. The highest BCUT2D eigenvalue weighted by Crippen LogP contribution is 2.30. The first kappa shape index (κ1) is 23.9. The van der Waals surface area contributed by atoms with Gasteiger partial charge >= 0.3 is 12.6 Å². The average Bonchev–Trinajstić information content (AvgIpc) is 3.31. The molecule has 0 radical (unpaired) electrons. The van der Waals surface area contributed by atoms with Gasteiger partial charge in [0.25, 0.3) is 5.91 Å². The number of carbonyl (C=O) groups is 3. The van der Waals surface area contributed by atoms with Crippen molar-refractivity contribution in [2.75, 3.05) is 6.54 Å². The van der Waals surface area contributed by atoms with Crippen molar-refractivity contribution in [2.24, 2.45) is 0 Å².